The van der Waals surface area contributed by atoms with Crippen LogP contribution in [-0.4, -0.2) is 12.0 Å². The second kappa shape index (κ2) is 4.78. The van der Waals surface area contributed by atoms with E-state index in [1.54, 1.807) is 6.07 Å². The van der Waals surface area contributed by atoms with Gasteiger partial charge < -0.3 is 5.32 Å². The van der Waals surface area contributed by atoms with E-state index in [-0.39, 0.29) is 0 Å². The molecule has 0 atom stereocenters. The van der Waals surface area contributed by atoms with Crippen molar-refractivity contribution < 1.29 is 4.39 Å². The predicted molar refractivity (Wildman–Crippen MR) is 67.7 cm³/mol. The zero-order valence-corrected chi connectivity index (χ0v) is 9.57. The Morgan fingerprint density at radius 1 is 1.12 bits per heavy atom. The summed E-state index contributed by atoms with van der Waals surface area (Å²) in [5, 5.41) is 2.99. The van der Waals surface area contributed by atoms with E-state index in [1.807, 2.05) is 31.3 Å². The van der Waals surface area contributed by atoms with E-state index in [0.29, 0.717) is 0 Å². The van der Waals surface area contributed by atoms with Crippen LogP contribution in [-0.2, 0) is 0 Å². The van der Waals surface area contributed by atoms with Crippen LogP contribution >= 0.6 is 0 Å². The number of halogens is 1. The lowest BCUT2D eigenvalue weighted by Gasteiger charge is -2.06. The van der Waals surface area contributed by atoms with Crippen LogP contribution in [0.4, 0.5) is 4.39 Å². The third-order valence-corrected chi connectivity index (χ3v) is 2.60. The summed E-state index contributed by atoms with van der Waals surface area (Å²) in [5.74, 6) is -0.464. The van der Waals surface area contributed by atoms with E-state index in [4.69, 9.17) is 0 Å². The van der Waals surface area contributed by atoms with Crippen LogP contribution in [0.5, 0.6) is 0 Å². The molecule has 2 aromatic rings. The largest absolute Gasteiger partial charge is 0.388 e. The van der Waals surface area contributed by atoms with Crippen LogP contribution < -0.4 is 5.32 Å². The quantitative estimate of drug-likeness (QED) is 0.816. The zero-order valence-electron chi connectivity index (χ0n) is 9.57. The van der Waals surface area contributed by atoms with Crippen molar-refractivity contribution in [2.75, 3.05) is 7.05 Å². The number of hydrogen-bond donors (Lipinski definition) is 1. The topological polar surface area (TPSA) is 24.9 Å². The van der Waals surface area contributed by atoms with Gasteiger partial charge in [-0.15, -0.1) is 0 Å². The minimum Gasteiger partial charge on any atom is -0.388 e. The maximum atomic E-state index is 12.7. The molecule has 1 aromatic heterocycles. The third-order valence-electron chi connectivity index (χ3n) is 2.60. The van der Waals surface area contributed by atoms with Gasteiger partial charge in [-0.3, -0.25) is 0 Å². The fourth-order valence-corrected chi connectivity index (χ4v) is 1.55. The van der Waals surface area contributed by atoms with Gasteiger partial charge in [-0.05, 0) is 23.3 Å². The first-order valence-electron chi connectivity index (χ1n) is 5.30. The Kier molecular flexibility index (Phi) is 3.19. The van der Waals surface area contributed by atoms with Crippen molar-refractivity contribution in [2.45, 2.75) is 0 Å². The number of pyridine rings is 1. The molecule has 0 aliphatic rings. The number of nitrogens with zero attached hydrogens (tertiary/aromatic N) is 1. The molecular formula is C14H13FN2. The molecule has 1 N–H and O–H groups in total. The lowest BCUT2D eigenvalue weighted by Crippen LogP contribution is -2.02. The summed E-state index contributed by atoms with van der Waals surface area (Å²) in [5.41, 5.74) is 3.80. The molecule has 0 aliphatic carbocycles. The molecule has 0 radical (unpaired) electrons. The van der Waals surface area contributed by atoms with Crippen LogP contribution in [0.25, 0.3) is 16.8 Å². The molecule has 0 saturated heterocycles. The van der Waals surface area contributed by atoms with Crippen LogP contribution in [0.15, 0.2) is 49.2 Å². The van der Waals surface area contributed by atoms with Crippen LogP contribution in [0.2, 0.25) is 0 Å². The molecule has 0 bridgehead atoms. The van der Waals surface area contributed by atoms with Crippen LogP contribution in [0.3, 0.4) is 0 Å². The monoisotopic (exact) mass is 228 g/mol. The molecule has 2 nitrogen and oxygen atoms in total. The average molecular weight is 228 g/mol. The number of rotatable bonds is 3. The van der Waals surface area contributed by atoms with E-state index in [0.717, 1.165) is 22.4 Å². The van der Waals surface area contributed by atoms with E-state index < -0.39 is 5.95 Å². The summed E-state index contributed by atoms with van der Waals surface area (Å²) in [6.07, 6.45) is 1.53. The van der Waals surface area contributed by atoms with Gasteiger partial charge >= 0.3 is 0 Å². The molecule has 1 heterocycles. The Balaban J connectivity index is 2.29. The predicted octanol–water partition coefficient (Wildman–Crippen LogP) is 3.08. The van der Waals surface area contributed by atoms with Gasteiger partial charge in [0.15, 0.2) is 0 Å². The maximum absolute atomic E-state index is 12.7. The lowest BCUT2D eigenvalue weighted by molar-refractivity contribution is 0.584. The van der Waals surface area contributed by atoms with E-state index in [2.05, 4.69) is 16.9 Å². The van der Waals surface area contributed by atoms with Gasteiger partial charge in [0, 0.05) is 24.5 Å². The molecule has 0 aliphatic heterocycles. The molecule has 1 aromatic carbocycles. The molecule has 0 spiro atoms. The van der Waals surface area contributed by atoms with Crippen molar-refractivity contribution in [3.63, 3.8) is 0 Å². The summed E-state index contributed by atoms with van der Waals surface area (Å²) >= 11 is 0. The summed E-state index contributed by atoms with van der Waals surface area (Å²) in [6, 6.07) is 10.9. The Bertz CT molecular complexity index is 515. The molecular weight excluding hydrogens is 215 g/mol. The second-order valence-corrected chi connectivity index (χ2v) is 3.68. The van der Waals surface area contributed by atoms with E-state index in [9.17, 15) is 4.39 Å². The zero-order chi connectivity index (χ0) is 12.3. The molecule has 2 rings (SSSR count). The van der Waals surface area contributed by atoms with Gasteiger partial charge in [-0.1, -0.05) is 30.8 Å². The number of aromatic nitrogens is 1. The Labute approximate surface area is 99.8 Å². The first-order valence-corrected chi connectivity index (χ1v) is 5.30. The third kappa shape index (κ3) is 2.50. The number of nitrogens with one attached hydrogen (secondary N) is 1. The highest BCUT2D eigenvalue weighted by Gasteiger charge is 2.00. The van der Waals surface area contributed by atoms with Crippen molar-refractivity contribution in [1.29, 1.82) is 0 Å². The highest BCUT2D eigenvalue weighted by atomic mass is 19.1. The Hall–Kier alpha value is -2.16. The second-order valence-electron chi connectivity index (χ2n) is 3.68. The smallest absolute Gasteiger partial charge is 0.212 e. The van der Waals surface area contributed by atoms with Gasteiger partial charge in [-0.2, -0.15) is 4.39 Å². The van der Waals surface area contributed by atoms with E-state index >= 15 is 0 Å². The van der Waals surface area contributed by atoms with Crippen molar-refractivity contribution in [1.82, 2.24) is 10.3 Å². The Morgan fingerprint density at radius 2 is 1.76 bits per heavy atom. The maximum Gasteiger partial charge on any atom is 0.212 e. The molecule has 86 valence electrons. The van der Waals surface area contributed by atoms with Crippen molar-refractivity contribution >= 4 is 5.70 Å². The Morgan fingerprint density at radius 3 is 2.29 bits per heavy atom. The van der Waals surface area contributed by atoms with Crippen LogP contribution in [0.1, 0.15) is 5.56 Å². The summed E-state index contributed by atoms with van der Waals surface area (Å²) in [6.45, 7) is 3.88. The normalized spacial score (nSPS) is 10.0. The van der Waals surface area contributed by atoms with Gasteiger partial charge in [0.1, 0.15) is 0 Å². The molecule has 0 unspecified atom stereocenters. The fraction of sp³-hybridized carbons (Fsp3) is 0.0714. The molecule has 3 heteroatoms. The molecule has 0 saturated carbocycles. The van der Waals surface area contributed by atoms with Crippen molar-refractivity contribution in [3.05, 3.63) is 60.7 Å². The van der Waals surface area contributed by atoms with Crippen LogP contribution in [0, 0.1) is 5.95 Å². The molecule has 0 fully saturated rings. The summed E-state index contributed by atoms with van der Waals surface area (Å²) in [4.78, 5) is 3.63. The highest BCUT2D eigenvalue weighted by molar-refractivity contribution is 5.68. The van der Waals surface area contributed by atoms with Crippen molar-refractivity contribution in [2.24, 2.45) is 0 Å². The lowest BCUT2D eigenvalue weighted by atomic mass is 10.0. The highest BCUT2D eigenvalue weighted by Crippen LogP contribution is 2.20. The fourth-order valence-electron chi connectivity index (χ4n) is 1.55. The van der Waals surface area contributed by atoms with Crippen molar-refractivity contribution in [3.8, 4) is 11.1 Å². The van der Waals surface area contributed by atoms with Gasteiger partial charge in [0.05, 0.1) is 0 Å². The van der Waals surface area contributed by atoms with Gasteiger partial charge in [0.2, 0.25) is 5.95 Å². The first-order chi connectivity index (χ1) is 8.20. The van der Waals surface area contributed by atoms with E-state index in [1.165, 1.54) is 12.3 Å². The summed E-state index contributed by atoms with van der Waals surface area (Å²) < 4.78 is 12.7. The SMILES string of the molecule is C=C(NC)c1ccc(-c2ccc(F)nc2)cc1. The molecule has 0 amide bonds. The van der Waals surface area contributed by atoms with Gasteiger partial charge in [0.25, 0.3) is 0 Å². The first kappa shape index (κ1) is 11.3. The number of benzene rings is 1. The standard InChI is InChI=1S/C14H13FN2/c1-10(16-2)11-3-5-12(6-4-11)13-7-8-14(15)17-9-13/h3-9,16H,1H2,2H3. The molecule has 17 heavy (non-hydrogen) atoms. The minimum absolute atomic E-state index is 0.464. The minimum atomic E-state index is -0.464. The van der Waals surface area contributed by atoms with Gasteiger partial charge in [-0.25, -0.2) is 4.98 Å². The average Bonchev–Trinajstić information content (AvgIpc) is 2.39. The number of hydrogen-bond acceptors (Lipinski definition) is 2. The summed E-state index contributed by atoms with van der Waals surface area (Å²) in [7, 11) is 1.83.